The molecule has 0 aliphatic rings. The van der Waals surface area contributed by atoms with Crippen LogP contribution >= 0.6 is 11.3 Å². The molecular formula is C35H42N2O5S. The van der Waals surface area contributed by atoms with Gasteiger partial charge in [-0.15, -0.1) is 24.2 Å². The van der Waals surface area contributed by atoms with E-state index in [-0.39, 0.29) is 10.7 Å². The number of thiophene rings is 1. The molecule has 0 aliphatic carbocycles. The molecule has 0 amide bonds. The molecule has 1 atom stereocenters. The molecule has 1 unspecified atom stereocenters. The summed E-state index contributed by atoms with van der Waals surface area (Å²) in [6.07, 6.45) is 10.1. The number of carbonyl (C=O) groups excluding carboxylic acids is 1. The van der Waals surface area contributed by atoms with Crippen LogP contribution in [0.3, 0.4) is 0 Å². The molecule has 3 aromatic rings. The average Bonchev–Trinajstić information content (AvgIpc) is 3.32. The molecule has 3 rings (SSSR count). The predicted molar refractivity (Wildman–Crippen MR) is 175 cm³/mol. The van der Waals surface area contributed by atoms with E-state index in [9.17, 15) is 14.7 Å². The Kier molecular flexibility index (Phi) is 15.5. The number of aromatic carboxylic acids is 1. The van der Waals surface area contributed by atoms with Crippen molar-refractivity contribution in [3.63, 3.8) is 0 Å². The lowest BCUT2D eigenvalue weighted by atomic mass is 9.87. The van der Waals surface area contributed by atoms with Crippen LogP contribution in [0.5, 0.6) is 11.5 Å². The van der Waals surface area contributed by atoms with Crippen LogP contribution in [0.25, 0.3) is 0 Å². The fourth-order valence-electron chi connectivity index (χ4n) is 4.58. The van der Waals surface area contributed by atoms with Crippen LogP contribution < -0.4 is 9.47 Å². The SMILES string of the molecule is C#C.CCCC(/C(C)=N/c1sc(C(=O)O)c(C)c1C(C)=O)C(C)C.COc1cc(C)ccc1OCc1ccccc1C#N. The number of hydrogen-bond acceptors (Lipinski definition) is 7. The third-order valence-corrected chi connectivity index (χ3v) is 7.91. The van der Waals surface area contributed by atoms with Crippen molar-refractivity contribution in [3.8, 4) is 30.4 Å². The number of terminal acetylenes is 1. The molecule has 0 bridgehead atoms. The monoisotopic (exact) mass is 602 g/mol. The predicted octanol–water partition coefficient (Wildman–Crippen LogP) is 8.83. The molecule has 0 saturated heterocycles. The quantitative estimate of drug-likeness (QED) is 0.133. The third-order valence-electron chi connectivity index (χ3n) is 6.73. The van der Waals surface area contributed by atoms with Crippen LogP contribution in [0, 0.1) is 49.9 Å². The number of nitrogens with zero attached hydrogens (tertiary/aromatic N) is 2. The van der Waals surface area contributed by atoms with E-state index in [0.717, 1.165) is 41.0 Å². The summed E-state index contributed by atoms with van der Waals surface area (Å²) in [5.41, 5.74) is 4.55. The van der Waals surface area contributed by atoms with Gasteiger partial charge in [0, 0.05) is 11.3 Å². The topological polar surface area (TPSA) is 109 Å². The number of rotatable bonds is 11. The van der Waals surface area contributed by atoms with E-state index in [2.05, 4.69) is 44.7 Å². The summed E-state index contributed by atoms with van der Waals surface area (Å²) in [7, 11) is 1.62. The van der Waals surface area contributed by atoms with E-state index in [1.165, 1.54) is 6.92 Å². The zero-order valence-electron chi connectivity index (χ0n) is 26.4. The van der Waals surface area contributed by atoms with Crippen LogP contribution in [-0.4, -0.2) is 29.7 Å². The first-order valence-corrected chi connectivity index (χ1v) is 14.8. The van der Waals surface area contributed by atoms with Crippen molar-refractivity contribution in [2.75, 3.05) is 7.11 Å². The number of nitriles is 1. The summed E-state index contributed by atoms with van der Waals surface area (Å²) in [5.74, 6) is 1.06. The Morgan fingerprint density at radius 3 is 2.28 bits per heavy atom. The van der Waals surface area contributed by atoms with Crippen LogP contribution in [0.15, 0.2) is 47.5 Å². The molecule has 0 saturated carbocycles. The van der Waals surface area contributed by atoms with Crippen molar-refractivity contribution in [2.45, 2.75) is 67.9 Å². The highest BCUT2D eigenvalue weighted by atomic mass is 32.1. The maximum Gasteiger partial charge on any atom is 0.346 e. The van der Waals surface area contributed by atoms with Gasteiger partial charge in [0.05, 0.1) is 24.3 Å². The number of benzene rings is 2. The first-order valence-electron chi connectivity index (χ1n) is 14.0. The minimum Gasteiger partial charge on any atom is -0.493 e. The number of Topliss-reactive ketones (excluding diaryl/α,β-unsaturated/α-hetero) is 1. The number of methoxy groups -OCH3 is 1. The van der Waals surface area contributed by atoms with Gasteiger partial charge in [0.15, 0.2) is 17.3 Å². The number of carboxylic acid groups (broad SMARTS) is 1. The molecular weight excluding hydrogens is 560 g/mol. The molecule has 0 spiro atoms. The number of hydrogen-bond donors (Lipinski definition) is 1. The number of ether oxygens (including phenoxy) is 2. The van der Waals surface area contributed by atoms with Crippen molar-refractivity contribution in [1.29, 1.82) is 5.26 Å². The second-order valence-electron chi connectivity index (χ2n) is 10.2. The maximum absolute atomic E-state index is 11.9. The molecule has 7 nitrogen and oxygen atoms in total. The molecule has 1 heterocycles. The second-order valence-corrected chi connectivity index (χ2v) is 11.2. The zero-order chi connectivity index (χ0) is 32.7. The van der Waals surface area contributed by atoms with Crippen molar-refractivity contribution in [2.24, 2.45) is 16.8 Å². The molecule has 2 aromatic carbocycles. The fraction of sp³-hybridized carbons (Fsp3) is 0.371. The summed E-state index contributed by atoms with van der Waals surface area (Å²) >= 11 is 1.09. The second kappa shape index (κ2) is 18.2. The Morgan fingerprint density at radius 1 is 1.09 bits per heavy atom. The summed E-state index contributed by atoms with van der Waals surface area (Å²) in [4.78, 5) is 28.0. The minimum atomic E-state index is -1.00. The van der Waals surface area contributed by atoms with Gasteiger partial charge in [-0.1, -0.05) is 51.5 Å². The lowest BCUT2D eigenvalue weighted by molar-refractivity contribution is 0.0701. The molecule has 0 aliphatic heterocycles. The maximum atomic E-state index is 11.9. The normalized spacial score (nSPS) is 11.3. The van der Waals surface area contributed by atoms with Gasteiger partial charge < -0.3 is 14.6 Å². The van der Waals surface area contributed by atoms with Gasteiger partial charge in [0.1, 0.15) is 16.5 Å². The van der Waals surface area contributed by atoms with Crippen molar-refractivity contribution < 1.29 is 24.2 Å². The molecule has 1 aromatic heterocycles. The average molecular weight is 603 g/mol. The number of aliphatic imine (C=N–C) groups is 1. The Hall–Kier alpha value is -4.40. The Labute approximate surface area is 260 Å². The Balaban J connectivity index is 0.000000410. The molecule has 43 heavy (non-hydrogen) atoms. The molecule has 1 N–H and O–H groups in total. The fourth-order valence-corrected chi connectivity index (χ4v) is 5.70. The minimum absolute atomic E-state index is 0.135. The molecule has 228 valence electrons. The highest BCUT2D eigenvalue weighted by Crippen LogP contribution is 2.37. The largest absolute Gasteiger partial charge is 0.493 e. The number of carboxylic acids is 1. The van der Waals surface area contributed by atoms with Crippen LogP contribution in [0.4, 0.5) is 5.00 Å². The standard InChI is InChI=1S/C17H25NO3S.C16H15NO2.C2H2/c1-7-8-13(9(2)3)11(5)18-16-14(12(6)19)10(4)15(22-16)17(20)21;1-12-7-8-15(16(9-12)18-2)19-11-14-6-4-3-5-13(14)10-17;1-2/h9,13H,7-8H2,1-6H3,(H,20,21);3-9H,11H2,1-2H3;1-2H/b18-11+;;. The lowest BCUT2D eigenvalue weighted by Gasteiger charge is -2.20. The van der Waals surface area contributed by atoms with Gasteiger partial charge in [-0.3, -0.25) is 4.79 Å². The van der Waals surface area contributed by atoms with E-state index in [4.69, 9.17) is 14.7 Å². The molecule has 8 heteroatoms. The van der Waals surface area contributed by atoms with Gasteiger partial charge in [0.2, 0.25) is 0 Å². The van der Waals surface area contributed by atoms with E-state index < -0.39 is 5.97 Å². The van der Waals surface area contributed by atoms with Gasteiger partial charge in [-0.25, -0.2) is 9.79 Å². The van der Waals surface area contributed by atoms with Crippen LogP contribution in [0.1, 0.15) is 89.7 Å². The Morgan fingerprint density at radius 2 is 1.74 bits per heavy atom. The first kappa shape index (κ1) is 36.6. The highest BCUT2D eigenvalue weighted by molar-refractivity contribution is 7.18. The van der Waals surface area contributed by atoms with Crippen molar-refractivity contribution >= 4 is 33.8 Å². The highest BCUT2D eigenvalue weighted by Gasteiger charge is 2.23. The number of carbonyl (C=O) groups is 2. The summed E-state index contributed by atoms with van der Waals surface area (Å²) in [6, 6.07) is 15.3. The first-order chi connectivity index (χ1) is 20.4. The summed E-state index contributed by atoms with van der Waals surface area (Å²) in [6.45, 7) is 13.9. The summed E-state index contributed by atoms with van der Waals surface area (Å²) in [5, 5.41) is 18.8. The molecule has 0 fully saturated rings. The molecule has 0 radical (unpaired) electrons. The number of ketones is 1. The Bertz CT molecular complexity index is 1480. The van der Waals surface area contributed by atoms with Crippen molar-refractivity contribution in [3.05, 3.63) is 75.2 Å². The van der Waals surface area contributed by atoms with Gasteiger partial charge >= 0.3 is 5.97 Å². The lowest BCUT2D eigenvalue weighted by Crippen LogP contribution is -2.17. The van der Waals surface area contributed by atoms with E-state index in [0.29, 0.717) is 51.6 Å². The van der Waals surface area contributed by atoms with E-state index in [1.54, 1.807) is 20.1 Å². The number of aryl methyl sites for hydroxylation is 1. The van der Waals surface area contributed by atoms with Crippen LogP contribution in [-0.2, 0) is 6.61 Å². The van der Waals surface area contributed by atoms with Gasteiger partial charge in [-0.05, 0) is 75.3 Å². The summed E-state index contributed by atoms with van der Waals surface area (Å²) < 4.78 is 11.0. The van der Waals surface area contributed by atoms with Crippen LogP contribution in [0.2, 0.25) is 0 Å². The van der Waals surface area contributed by atoms with E-state index >= 15 is 0 Å². The van der Waals surface area contributed by atoms with Gasteiger partial charge in [-0.2, -0.15) is 5.26 Å². The van der Waals surface area contributed by atoms with Crippen molar-refractivity contribution in [1.82, 2.24) is 0 Å². The van der Waals surface area contributed by atoms with E-state index in [1.807, 2.05) is 50.2 Å². The van der Waals surface area contributed by atoms with Gasteiger partial charge in [0.25, 0.3) is 0 Å². The smallest absolute Gasteiger partial charge is 0.346 e. The third kappa shape index (κ3) is 10.4. The zero-order valence-corrected chi connectivity index (χ0v) is 27.2.